The van der Waals surface area contributed by atoms with E-state index < -0.39 is 6.43 Å². The molecule has 0 bridgehead atoms. The summed E-state index contributed by atoms with van der Waals surface area (Å²) in [6, 6.07) is 19.6. The van der Waals surface area contributed by atoms with E-state index in [-0.39, 0.29) is 11.6 Å². The Labute approximate surface area is 203 Å². The molecule has 0 amide bonds. The van der Waals surface area contributed by atoms with Gasteiger partial charge < -0.3 is 0 Å². The molecule has 1 aliphatic rings. The van der Waals surface area contributed by atoms with Gasteiger partial charge in [0.2, 0.25) is 0 Å². The molecule has 0 spiro atoms. The average molecular weight is 484 g/mol. The van der Waals surface area contributed by atoms with Crippen LogP contribution >= 0.6 is 11.3 Å². The highest BCUT2D eigenvalue weighted by atomic mass is 32.1. The van der Waals surface area contributed by atoms with Gasteiger partial charge in [-0.1, -0.05) is 60.2 Å². The zero-order chi connectivity index (χ0) is 23.7. The lowest BCUT2D eigenvalue weighted by molar-refractivity contribution is 0.146. The van der Waals surface area contributed by atoms with Crippen LogP contribution in [0.5, 0.6) is 0 Å². The van der Waals surface area contributed by atoms with Gasteiger partial charge in [0.05, 0.1) is 5.52 Å². The minimum atomic E-state index is -2.66. The Morgan fingerprint density at radius 1 is 1.00 bits per heavy atom. The molecular formula is C27H19F2N5S. The molecule has 8 heteroatoms. The summed E-state index contributed by atoms with van der Waals surface area (Å²) in [6.07, 6.45) is 0.0214. The highest BCUT2D eigenvalue weighted by Gasteiger charge is 2.42. The monoisotopic (exact) mass is 483 g/mol. The first-order chi connectivity index (χ1) is 17.1. The third kappa shape index (κ3) is 3.31. The molecule has 7 rings (SSSR count). The van der Waals surface area contributed by atoms with Crippen LogP contribution in [-0.4, -0.2) is 24.6 Å². The highest BCUT2D eigenvalue weighted by Crippen LogP contribution is 2.54. The second-order valence-electron chi connectivity index (χ2n) is 9.06. The Morgan fingerprint density at radius 2 is 1.80 bits per heavy atom. The lowest BCUT2D eigenvalue weighted by Crippen LogP contribution is -1.93. The predicted octanol–water partition coefficient (Wildman–Crippen LogP) is 7.07. The molecule has 0 aliphatic heterocycles. The Balaban J connectivity index is 1.39. The topological polar surface area (TPSA) is 56.0 Å². The van der Waals surface area contributed by atoms with Gasteiger partial charge in [0, 0.05) is 11.3 Å². The SMILES string of the molecule is Cc1ccc([C@@H]2C[C@H]2c2nc3c4sc5nc(C(F)F)cc(-c6ccccc6)c5c4ncn3n2)cc1. The molecule has 1 saturated carbocycles. The molecule has 0 radical (unpaired) electrons. The van der Waals surface area contributed by atoms with Crippen LogP contribution in [0.15, 0.2) is 67.0 Å². The third-order valence-corrected chi connectivity index (χ3v) is 7.81. The number of hydrogen-bond acceptors (Lipinski definition) is 5. The smallest absolute Gasteiger partial charge is 0.236 e. The van der Waals surface area contributed by atoms with Gasteiger partial charge >= 0.3 is 0 Å². The molecule has 0 unspecified atom stereocenters. The van der Waals surface area contributed by atoms with Crippen LogP contribution in [0.25, 0.3) is 37.2 Å². The lowest BCUT2D eigenvalue weighted by atomic mass is 10.0. The van der Waals surface area contributed by atoms with Crippen LogP contribution in [0.3, 0.4) is 0 Å². The van der Waals surface area contributed by atoms with Gasteiger partial charge in [-0.15, -0.1) is 16.4 Å². The van der Waals surface area contributed by atoms with E-state index in [9.17, 15) is 8.78 Å². The number of nitrogens with zero attached hydrogens (tertiary/aromatic N) is 5. The number of fused-ring (bicyclic) bond motifs is 5. The van der Waals surface area contributed by atoms with Crippen LogP contribution in [0.1, 0.15) is 47.3 Å². The van der Waals surface area contributed by atoms with Crippen LogP contribution < -0.4 is 0 Å². The first-order valence-electron chi connectivity index (χ1n) is 11.5. The molecule has 6 aromatic rings. The number of halogens is 2. The summed E-state index contributed by atoms with van der Waals surface area (Å²) in [5.41, 5.74) is 5.28. The van der Waals surface area contributed by atoms with Crippen molar-refractivity contribution < 1.29 is 8.78 Å². The summed E-state index contributed by atoms with van der Waals surface area (Å²) in [5, 5.41) is 5.50. The minimum Gasteiger partial charge on any atom is -0.236 e. The largest absolute Gasteiger partial charge is 0.280 e. The second kappa shape index (κ2) is 7.61. The van der Waals surface area contributed by atoms with Crippen molar-refractivity contribution in [1.29, 1.82) is 0 Å². The molecule has 4 heterocycles. The summed E-state index contributed by atoms with van der Waals surface area (Å²) in [6.45, 7) is 2.09. The number of rotatable bonds is 4. The van der Waals surface area contributed by atoms with E-state index in [0.29, 0.717) is 22.0 Å². The average Bonchev–Trinajstić information content (AvgIpc) is 3.39. The number of pyridine rings is 1. The number of benzene rings is 2. The Hall–Kier alpha value is -3.78. The van der Waals surface area contributed by atoms with E-state index in [1.54, 1.807) is 10.8 Å². The van der Waals surface area contributed by atoms with Crippen molar-refractivity contribution >= 4 is 37.4 Å². The zero-order valence-electron chi connectivity index (χ0n) is 18.7. The van der Waals surface area contributed by atoms with Crippen LogP contribution in [0.2, 0.25) is 0 Å². The van der Waals surface area contributed by atoms with E-state index >= 15 is 0 Å². The molecule has 1 fully saturated rings. The normalized spacial score (nSPS) is 17.7. The first kappa shape index (κ1) is 20.6. The summed E-state index contributed by atoms with van der Waals surface area (Å²) in [4.78, 5) is 14.4. The second-order valence-corrected chi connectivity index (χ2v) is 10.1. The zero-order valence-corrected chi connectivity index (χ0v) is 19.5. The van der Waals surface area contributed by atoms with Crippen molar-refractivity contribution in [2.75, 3.05) is 0 Å². The van der Waals surface area contributed by atoms with Crippen molar-refractivity contribution in [2.45, 2.75) is 31.6 Å². The Kier molecular flexibility index (Phi) is 4.48. The molecule has 0 saturated heterocycles. The quantitative estimate of drug-likeness (QED) is 0.269. The number of aryl methyl sites for hydroxylation is 1. The molecule has 0 N–H and O–H groups in total. The van der Waals surface area contributed by atoms with Crippen LogP contribution in [0.4, 0.5) is 8.78 Å². The molecule has 1 aliphatic carbocycles. The van der Waals surface area contributed by atoms with Crippen LogP contribution in [-0.2, 0) is 0 Å². The molecule has 172 valence electrons. The summed E-state index contributed by atoms with van der Waals surface area (Å²) >= 11 is 1.35. The van der Waals surface area contributed by atoms with Crippen molar-refractivity contribution in [3.8, 4) is 11.1 Å². The fourth-order valence-corrected chi connectivity index (χ4v) is 5.98. The van der Waals surface area contributed by atoms with Crippen molar-refractivity contribution in [3.05, 3.63) is 89.6 Å². The summed E-state index contributed by atoms with van der Waals surface area (Å²) in [5.74, 6) is 1.48. The van der Waals surface area contributed by atoms with E-state index in [1.165, 1.54) is 28.5 Å². The van der Waals surface area contributed by atoms with Gasteiger partial charge in [0.15, 0.2) is 11.5 Å². The molecular weight excluding hydrogens is 464 g/mol. The van der Waals surface area contributed by atoms with Crippen molar-refractivity contribution in [2.24, 2.45) is 0 Å². The number of thiophene rings is 1. The Bertz CT molecular complexity index is 1720. The maximum atomic E-state index is 13.7. The van der Waals surface area contributed by atoms with Crippen LogP contribution in [0, 0.1) is 6.92 Å². The molecule has 35 heavy (non-hydrogen) atoms. The van der Waals surface area contributed by atoms with Crippen molar-refractivity contribution in [3.63, 3.8) is 0 Å². The van der Waals surface area contributed by atoms with E-state index in [4.69, 9.17) is 10.1 Å². The van der Waals surface area contributed by atoms with Gasteiger partial charge in [0.1, 0.15) is 21.6 Å². The Morgan fingerprint density at radius 3 is 2.57 bits per heavy atom. The predicted molar refractivity (Wildman–Crippen MR) is 133 cm³/mol. The van der Waals surface area contributed by atoms with Gasteiger partial charge in [0.25, 0.3) is 6.43 Å². The summed E-state index contributed by atoms with van der Waals surface area (Å²) < 4.78 is 29.9. The summed E-state index contributed by atoms with van der Waals surface area (Å²) in [7, 11) is 0. The highest BCUT2D eigenvalue weighted by molar-refractivity contribution is 7.26. The first-order valence-corrected chi connectivity index (χ1v) is 12.3. The molecule has 4 aromatic heterocycles. The van der Waals surface area contributed by atoms with Gasteiger partial charge in [-0.3, -0.25) is 0 Å². The maximum Gasteiger partial charge on any atom is 0.280 e. The molecule has 5 nitrogen and oxygen atoms in total. The van der Waals surface area contributed by atoms with E-state index in [2.05, 4.69) is 41.2 Å². The third-order valence-electron chi connectivity index (χ3n) is 6.74. The van der Waals surface area contributed by atoms with Gasteiger partial charge in [-0.25, -0.2) is 28.2 Å². The number of alkyl halides is 2. The number of aromatic nitrogens is 5. The standard InChI is InChI=1S/C27H19F2N5S/c1-14-7-9-16(10-8-14)17-11-19(17)25-32-26-23-22(30-13-34(26)33-25)21-18(15-5-3-2-4-6-15)12-20(24(28)29)31-27(21)35-23/h2-10,12-13,17,19,24H,11H2,1H3/t17-,19+/m0/s1. The van der Waals surface area contributed by atoms with E-state index in [1.807, 2.05) is 30.3 Å². The minimum absolute atomic E-state index is 0.236. The van der Waals surface area contributed by atoms with Gasteiger partial charge in [-0.2, -0.15) is 0 Å². The van der Waals surface area contributed by atoms with E-state index in [0.717, 1.165) is 33.4 Å². The number of hydrogen-bond donors (Lipinski definition) is 0. The maximum absolute atomic E-state index is 13.7. The fraction of sp³-hybridized carbons (Fsp3) is 0.185. The van der Waals surface area contributed by atoms with Crippen molar-refractivity contribution in [1.82, 2.24) is 24.6 Å². The molecule has 2 aromatic carbocycles. The lowest BCUT2D eigenvalue weighted by Gasteiger charge is -2.07. The fourth-order valence-electron chi connectivity index (χ4n) is 4.84. The molecule has 2 atom stereocenters. The van der Waals surface area contributed by atoms with Gasteiger partial charge in [-0.05, 0) is 42.0 Å².